The van der Waals surface area contributed by atoms with Gasteiger partial charge < -0.3 is 5.11 Å². The maximum atomic E-state index is 9.68. The van der Waals surface area contributed by atoms with Crippen LogP contribution in [0.2, 0.25) is 0 Å². The molecule has 0 amide bonds. The van der Waals surface area contributed by atoms with Gasteiger partial charge in [-0.1, -0.05) is 20.3 Å². The molecule has 2 heterocycles. The van der Waals surface area contributed by atoms with Crippen molar-refractivity contribution in [3.8, 4) is 0 Å². The molecule has 0 spiro atoms. The second-order valence-electron chi connectivity index (χ2n) is 6.79. The molecule has 3 unspecified atom stereocenters. The van der Waals surface area contributed by atoms with E-state index in [2.05, 4.69) is 30.6 Å². The highest BCUT2D eigenvalue weighted by molar-refractivity contribution is 4.92. The number of fused-ring (bicyclic) bond motifs is 1. The van der Waals surface area contributed by atoms with Crippen molar-refractivity contribution in [2.75, 3.05) is 32.8 Å². The van der Waals surface area contributed by atoms with E-state index in [0.717, 1.165) is 25.4 Å². The summed E-state index contributed by atoms with van der Waals surface area (Å²) in [5.74, 6) is 0. The van der Waals surface area contributed by atoms with E-state index in [0.29, 0.717) is 12.6 Å². The lowest BCUT2D eigenvalue weighted by molar-refractivity contribution is 0.00847. The Labute approximate surface area is 112 Å². The Morgan fingerprint density at radius 2 is 2.11 bits per heavy atom. The summed E-state index contributed by atoms with van der Waals surface area (Å²) in [4.78, 5) is 5.29. The zero-order chi connectivity index (χ0) is 13.2. The molecule has 2 saturated heterocycles. The van der Waals surface area contributed by atoms with Crippen LogP contribution in [0.1, 0.15) is 46.5 Å². The number of rotatable bonds is 5. The molecule has 1 N–H and O–H groups in total. The molecule has 0 saturated carbocycles. The fourth-order valence-corrected chi connectivity index (χ4v) is 3.77. The second-order valence-corrected chi connectivity index (χ2v) is 6.79. The van der Waals surface area contributed by atoms with Gasteiger partial charge in [-0.3, -0.25) is 9.80 Å². The lowest BCUT2D eigenvalue weighted by Crippen LogP contribution is -2.57. The molecule has 2 aliphatic rings. The van der Waals surface area contributed by atoms with E-state index in [1.165, 1.54) is 32.5 Å². The van der Waals surface area contributed by atoms with Gasteiger partial charge in [0, 0.05) is 43.7 Å². The first-order valence-corrected chi connectivity index (χ1v) is 7.67. The molecule has 3 atom stereocenters. The number of nitrogens with zero attached hydrogens (tertiary/aromatic N) is 2. The Hall–Kier alpha value is -0.120. The van der Waals surface area contributed by atoms with Gasteiger partial charge in [0.25, 0.3) is 0 Å². The third-order valence-corrected chi connectivity index (χ3v) is 4.89. The molecular formula is C15H30N2O. The number of hydrogen-bond donors (Lipinski definition) is 1. The van der Waals surface area contributed by atoms with E-state index in [9.17, 15) is 5.11 Å². The minimum atomic E-state index is 0.0871. The van der Waals surface area contributed by atoms with E-state index in [1.54, 1.807) is 0 Å². The highest BCUT2D eigenvalue weighted by Gasteiger charge is 2.37. The minimum absolute atomic E-state index is 0.0871. The van der Waals surface area contributed by atoms with Gasteiger partial charge in [-0.2, -0.15) is 0 Å². The van der Waals surface area contributed by atoms with Crippen LogP contribution in [0.5, 0.6) is 0 Å². The number of hydrogen-bond acceptors (Lipinski definition) is 3. The number of aliphatic hydroxyl groups excluding tert-OH is 1. The van der Waals surface area contributed by atoms with Crippen LogP contribution in [0.15, 0.2) is 0 Å². The molecule has 2 fully saturated rings. The monoisotopic (exact) mass is 254 g/mol. The summed E-state index contributed by atoms with van der Waals surface area (Å²) < 4.78 is 0. The first kappa shape index (κ1) is 14.3. The van der Waals surface area contributed by atoms with Gasteiger partial charge in [0.15, 0.2) is 0 Å². The Morgan fingerprint density at radius 1 is 1.33 bits per heavy atom. The Morgan fingerprint density at radius 3 is 2.78 bits per heavy atom. The van der Waals surface area contributed by atoms with Crippen LogP contribution in [0.4, 0.5) is 0 Å². The summed E-state index contributed by atoms with van der Waals surface area (Å²) in [5.41, 5.74) is 0.0871. The van der Waals surface area contributed by atoms with Crippen molar-refractivity contribution in [2.24, 2.45) is 5.41 Å². The molecule has 0 bridgehead atoms. The highest BCUT2D eigenvalue weighted by Crippen LogP contribution is 2.29. The predicted molar refractivity (Wildman–Crippen MR) is 75.7 cm³/mol. The standard InChI is InChI=1S/C15H30N2O/c1-4-7-15(3,12-18)11-17-10-14-6-5-8-16(14)9-13(17)2/h13-14,18H,4-12H2,1-3H3. The molecule has 3 heteroatoms. The van der Waals surface area contributed by atoms with Gasteiger partial charge in [0.2, 0.25) is 0 Å². The smallest absolute Gasteiger partial charge is 0.0497 e. The summed E-state index contributed by atoms with van der Waals surface area (Å²) in [7, 11) is 0. The highest BCUT2D eigenvalue weighted by atomic mass is 16.3. The molecule has 2 rings (SSSR count). The largest absolute Gasteiger partial charge is 0.396 e. The molecular weight excluding hydrogens is 224 g/mol. The topological polar surface area (TPSA) is 26.7 Å². The zero-order valence-corrected chi connectivity index (χ0v) is 12.4. The average Bonchev–Trinajstić information content (AvgIpc) is 2.77. The summed E-state index contributed by atoms with van der Waals surface area (Å²) in [6.45, 7) is 11.9. The summed E-state index contributed by atoms with van der Waals surface area (Å²) in [6.07, 6.45) is 5.03. The van der Waals surface area contributed by atoms with Gasteiger partial charge in [0.05, 0.1) is 0 Å². The molecule has 2 aliphatic heterocycles. The maximum absolute atomic E-state index is 9.68. The van der Waals surface area contributed by atoms with E-state index in [4.69, 9.17) is 0 Å². The lowest BCUT2D eigenvalue weighted by Gasteiger charge is -2.45. The summed E-state index contributed by atoms with van der Waals surface area (Å²) >= 11 is 0. The average molecular weight is 254 g/mol. The van der Waals surface area contributed by atoms with Crippen molar-refractivity contribution in [3.05, 3.63) is 0 Å². The van der Waals surface area contributed by atoms with E-state index in [1.807, 2.05) is 0 Å². The molecule has 0 aromatic rings. The van der Waals surface area contributed by atoms with Crippen molar-refractivity contribution in [1.82, 2.24) is 9.80 Å². The first-order valence-electron chi connectivity index (χ1n) is 7.67. The van der Waals surface area contributed by atoms with Crippen LogP contribution in [-0.4, -0.2) is 59.8 Å². The molecule has 0 aliphatic carbocycles. The molecule has 0 aromatic heterocycles. The fourth-order valence-electron chi connectivity index (χ4n) is 3.77. The van der Waals surface area contributed by atoms with Crippen molar-refractivity contribution in [1.29, 1.82) is 0 Å². The van der Waals surface area contributed by atoms with E-state index in [-0.39, 0.29) is 5.41 Å². The second kappa shape index (κ2) is 5.89. The minimum Gasteiger partial charge on any atom is -0.396 e. The SMILES string of the molecule is CCCC(C)(CO)CN1CC2CCCN2CC1C. The summed E-state index contributed by atoms with van der Waals surface area (Å²) in [6, 6.07) is 1.42. The van der Waals surface area contributed by atoms with Crippen LogP contribution in [0.25, 0.3) is 0 Å². The Kier molecular flexibility index (Phi) is 4.68. The third-order valence-electron chi connectivity index (χ3n) is 4.89. The van der Waals surface area contributed by atoms with Crippen LogP contribution >= 0.6 is 0 Å². The van der Waals surface area contributed by atoms with Crippen LogP contribution in [-0.2, 0) is 0 Å². The maximum Gasteiger partial charge on any atom is 0.0497 e. The van der Waals surface area contributed by atoms with Gasteiger partial charge in [0.1, 0.15) is 0 Å². The van der Waals surface area contributed by atoms with Crippen molar-refractivity contribution >= 4 is 0 Å². The van der Waals surface area contributed by atoms with Crippen molar-refractivity contribution < 1.29 is 5.11 Å². The zero-order valence-electron chi connectivity index (χ0n) is 12.4. The third kappa shape index (κ3) is 3.06. The molecule has 106 valence electrons. The molecule has 18 heavy (non-hydrogen) atoms. The van der Waals surface area contributed by atoms with Crippen LogP contribution in [0, 0.1) is 5.41 Å². The summed E-state index contributed by atoms with van der Waals surface area (Å²) in [5, 5.41) is 9.68. The molecule has 0 aromatic carbocycles. The lowest BCUT2D eigenvalue weighted by atomic mass is 9.85. The Bertz CT molecular complexity index is 271. The van der Waals surface area contributed by atoms with Gasteiger partial charge in [-0.15, -0.1) is 0 Å². The van der Waals surface area contributed by atoms with Crippen LogP contribution in [0.3, 0.4) is 0 Å². The number of aliphatic hydroxyl groups is 1. The van der Waals surface area contributed by atoms with E-state index >= 15 is 0 Å². The predicted octanol–water partition coefficient (Wildman–Crippen LogP) is 1.95. The molecule has 0 radical (unpaired) electrons. The van der Waals surface area contributed by atoms with Crippen LogP contribution < -0.4 is 0 Å². The Balaban J connectivity index is 1.95. The quantitative estimate of drug-likeness (QED) is 0.812. The van der Waals surface area contributed by atoms with Gasteiger partial charge >= 0.3 is 0 Å². The van der Waals surface area contributed by atoms with Gasteiger partial charge in [-0.05, 0) is 32.7 Å². The van der Waals surface area contributed by atoms with E-state index < -0.39 is 0 Å². The molecule has 3 nitrogen and oxygen atoms in total. The van der Waals surface area contributed by atoms with Gasteiger partial charge in [-0.25, -0.2) is 0 Å². The first-order chi connectivity index (χ1) is 8.58. The van der Waals surface area contributed by atoms with Crippen molar-refractivity contribution in [3.63, 3.8) is 0 Å². The normalized spacial score (nSPS) is 33.3. The van der Waals surface area contributed by atoms with Crippen molar-refractivity contribution in [2.45, 2.75) is 58.5 Å². The number of piperazine rings is 1. The fraction of sp³-hybridized carbons (Fsp3) is 1.00.